The summed E-state index contributed by atoms with van der Waals surface area (Å²) in [6, 6.07) is 2.53. The van der Waals surface area contributed by atoms with Gasteiger partial charge in [-0.3, -0.25) is 4.90 Å². The van der Waals surface area contributed by atoms with Crippen LogP contribution >= 0.6 is 31.9 Å². The van der Waals surface area contributed by atoms with Gasteiger partial charge in [0.15, 0.2) is 4.67 Å². The van der Waals surface area contributed by atoms with Gasteiger partial charge in [0.1, 0.15) is 5.76 Å². The second-order valence-electron chi connectivity index (χ2n) is 4.72. The van der Waals surface area contributed by atoms with Gasteiger partial charge in [-0.1, -0.05) is 13.8 Å². The van der Waals surface area contributed by atoms with Crippen LogP contribution in [0.5, 0.6) is 0 Å². The van der Waals surface area contributed by atoms with E-state index < -0.39 is 0 Å². The number of nitrogens with zero attached hydrogens (tertiary/aromatic N) is 1. The quantitative estimate of drug-likeness (QED) is 0.668. The first kappa shape index (κ1) is 18.2. The molecule has 0 bridgehead atoms. The van der Waals surface area contributed by atoms with Crippen LogP contribution in [0.25, 0.3) is 0 Å². The van der Waals surface area contributed by atoms with E-state index in [1.807, 2.05) is 6.07 Å². The first-order valence-corrected chi connectivity index (χ1v) is 8.56. The average molecular weight is 412 g/mol. The van der Waals surface area contributed by atoms with Crippen LogP contribution in [0.15, 0.2) is 19.6 Å². The zero-order valence-electron chi connectivity index (χ0n) is 12.4. The molecule has 0 radical (unpaired) electrons. The first-order valence-electron chi connectivity index (χ1n) is 6.98. The summed E-state index contributed by atoms with van der Waals surface area (Å²) in [4.78, 5) is 2.39. The lowest BCUT2D eigenvalue weighted by Gasteiger charge is -2.35. The molecule has 0 fully saturated rings. The van der Waals surface area contributed by atoms with Crippen LogP contribution in [0, 0.1) is 0 Å². The molecule has 4 nitrogen and oxygen atoms in total. The summed E-state index contributed by atoms with van der Waals surface area (Å²) >= 11 is 6.85. The Morgan fingerprint density at radius 1 is 1.35 bits per heavy atom. The van der Waals surface area contributed by atoms with E-state index in [2.05, 4.69) is 50.6 Å². The van der Waals surface area contributed by atoms with Crippen LogP contribution in [0.2, 0.25) is 0 Å². The summed E-state index contributed by atoms with van der Waals surface area (Å²) in [5.74, 6) is 0.884. The van der Waals surface area contributed by atoms with Gasteiger partial charge in [-0.15, -0.1) is 0 Å². The van der Waals surface area contributed by atoms with Gasteiger partial charge in [0, 0.05) is 26.2 Å². The molecule has 0 amide bonds. The molecule has 2 N–H and O–H groups in total. The van der Waals surface area contributed by atoms with Crippen LogP contribution in [0.1, 0.15) is 38.5 Å². The van der Waals surface area contributed by atoms with Crippen molar-refractivity contribution in [3.63, 3.8) is 0 Å². The Morgan fingerprint density at radius 3 is 2.40 bits per heavy atom. The molecular weight excluding hydrogens is 388 g/mol. The Bertz CT molecular complexity index is 375. The number of methoxy groups -OCH3 is 1. The molecule has 0 saturated carbocycles. The molecule has 1 heterocycles. The molecule has 116 valence electrons. The first-order chi connectivity index (χ1) is 9.58. The van der Waals surface area contributed by atoms with Gasteiger partial charge in [0.25, 0.3) is 0 Å². The highest BCUT2D eigenvalue weighted by atomic mass is 79.9. The molecular formula is C14H24Br2N2O2. The average Bonchev–Trinajstić information content (AvgIpc) is 2.77. The summed E-state index contributed by atoms with van der Waals surface area (Å²) in [6.07, 6.45) is 2.17. The second kappa shape index (κ2) is 9.20. The van der Waals surface area contributed by atoms with Crippen molar-refractivity contribution < 1.29 is 9.15 Å². The number of nitrogens with two attached hydrogens (primary N) is 1. The number of halogens is 2. The lowest BCUT2D eigenvalue weighted by atomic mass is 10.1. The number of furan rings is 1. The van der Waals surface area contributed by atoms with E-state index in [-0.39, 0.29) is 6.04 Å². The largest absolute Gasteiger partial charge is 0.451 e. The van der Waals surface area contributed by atoms with Crippen molar-refractivity contribution in [2.45, 2.75) is 38.8 Å². The third-order valence-corrected chi connectivity index (χ3v) is 5.29. The van der Waals surface area contributed by atoms with Crippen molar-refractivity contribution in [3.8, 4) is 0 Å². The molecule has 1 unspecified atom stereocenters. The SMILES string of the molecule is CCC(CC)N(CCOC)C(CN)c1cc(Br)c(Br)o1. The molecule has 20 heavy (non-hydrogen) atoms. The zero-order valence-corrected chi connectivity index (χ0v) is 15.5. The van der Waals surface area contributed by atoms with Crippen molar-refractivity contribution in [2.75, 3.05) is 26.8 Å². The Kier molecular flexibility index (Phi) is 8.36. The lowest BCUT2D eigenvalue weighted by molar-refractivity contribution is 0.0727. The molecule has 0 aliphatic rings. The van der Waals surface area contributed by atoms with Crippen molar-refractivity contribution in [2.24, 2.45) is 5.73 Å². The van der Waals surface area contributed by atoms with E-state index in [1.165, 1.54) is 0 Å². The fraction of sp³-hybridized carbons (Fsp3) is 0.714. The Balaban J connectivity index is 2.99. The predicted molar refractivity (Wildman–Crippen MR) is 88.9 cm³/mol. The normalized spacial score (nSPS) is 13.4. The number of hydrogen-bond acceptors (Lipinski definition) is 4. The van der Waals surface area contributed by atoms with E-state index in [0.717, 1.165) is 29.6 Å². The summed E-state index contributed by atoms with van der Waals surface area (Å²) in [7, 11) is 1.72. The summed E-state index contributed by atoms with van der Waals surface area (Å²) in [6.45, 7) is 6.47. The van der Waals surface area contributed by atoms with E-state index in [9.17, 15) is 0 Å². The van der Waals surface area contributed by atoms with Gasteiger partial charge in [0.2, 0.25) is 0 Å². The fourth-order valence-corrected chi connectivity index (χ4v) is 3.10. The number of hydrogen-bond donors (Lipinski definition) is 1. The van der Waals surface area contributed by atoms with Crippen LogP contribution in [-0.2, 0) is 4.74 Å². The minimum atomic E-state index is 0.0673. The van der Waals surface area contributed by atoms with Gasteiger partial charge in [-0.2, -0.15) is 0 Å². The smallest absolute Gasteiger partial charge is 0.183 e. The third kappa shape index (κ3) is 4.56. The zero-order chi connectivity index (χ0) is 15.1. The van der Waals surface area contributed by atoms with Gasteiger partial charge < -0.3 is 14.9 Å². The van der Waals surface area contributed by atoms with Gasteiger partial charge in [0.05, 0.1) is 17.1 Å². The molecule has 0 spiro atoms. The van der Waals surface area contributed by atoms with Crippen molar-refractivity contribution in [3.05, 3.63) is 21.0 Å². The van der Waals surface area contributed by atoms with Crippen LogP contribution in [-0.4, -0.2) is 37.7 Å². The lowest BCUT2D eigenvalue weighted by Crippen LogP contribution is -2.42. The monoisotopic (exact) mass is 410 g/mol. The maximum absolute atomic E-state index is 6.01. The van der Waals surface area contributed by atoms with Crippen molar-refractivity contribution in [1.29, 1.82) is 0 Å². The molecule has 0 saturated heterocycles. The van der Waals surface area contributed by atoms with Crippen LogP contribution in [0.3, 0.4) is 0 Å². The summed E-state index contributed by atoms with van der Waals surface area (Å²) in [5.41, 5.74) is 6.01. The van der Waals surface area contributed by atoms with Crippen LogP contribution < -0.4 is 5.73 Å². The highest BCUT2D eigenvalue weighted by molar-refractivity contribution is 9.13. The second-order valence-corrected chi connectivity index (χ2v) is 6.30. The van der Waals surface area contributed by atoms with E-state index in [4.69, 9.17) is 14.9 Å². The molecule has 0 aliphatic heterocycles. The Labute approximate surface area is 138 Å². The number of rotatable bonds is 9. The van der Waals surface area contributed by atoms with Gasteiger partial charge in [-0.05, 0) is 50.8 Å². The number of ether oxygens (including phenoxy) is 1. The summed E-state index contributed by atoms with van der Waals surface area (Å²) < 4.78 is 12.6. The molecule has 1 atom stereocenters. The van der Waals surface area contributed by atoms with Crippen LogP contribution in [0.4, 0.5) is 0 Å². The maximum atomic E-state index is 6.01. The minimum Gasteiger partial charge on any atom is -0.451 e. The fourth-order valence-electron chi connectivity index (χ4n) is 2.49. The minimum absolute atomic E-state index is 0.0673. The molecule has 1 rings (SSSR count). The molecule has 1 aromatic heterocycles. The van der Waals surface area contributed by atoms with E-state index in [0.29, 0.717) is 23.9 Å². The topological polar surface area (TPSA) is 51.6 Å². The Hall–Kier alpha value is 0.120. The molecule has 6 heteroatoms. The Morgan fingerprint density at radius 2 is 2.00 bits per heavy atom. The van der Waals surface area contributed by atoms with Crippen molar-refractivity contribution in [1.82, 2.24) is 4.90 Å². The van der Waals surface area contributed by atoms with E-state index >= 15 is 0 Å². The maximum Gasteiger partial charge on any atom is 0.183 e. The molecule has 1 aromatic rings. The predicted octanol–water partition coefficient (Wildman–Crippen LogP) is 3.94. The standard InChI is InChI=1S/C14H24Br2N2O2/c1-4-10(5-2)18(6-7-19-3)12(9-17)13-8-11(15)14(16)20-13/h8,10,12H,4-7,9,17H2,1-3H3. The molecule has 0 aliphatic carbocycles. The third-order valence-electron chi connectivity index (χ3n) is 3.58. The van der Waals surface area contributed by atoms with Gasteiger partial charge in [-0.25, -0.2) is 0 Å². The van der Waals surface area contributed by atoms with E-state index in [1.54, 1.807) is 7.11 Å². The highest BCUT2D eigenvalue weighted by Gasteiger charge is 2.27. The summed E-state index contributed by atoms with van der Waals surface area (Å²) in [5, 5.41) is 0. The van der Waals surface area contributed by atoms with Gasteiger partial charge >= 0.3 is 0 Å². The molecule has 0 aromatic carbocycles. The highest BCUT2D eigenvalue weighted by Crippen LogP contribution is 2.33. The van der Waals surface area contributed by atoms with Crippen molar-refractivity contribution >= 4 is 31.9 Å².